The molecule has 0 fully saturated rings. The van der Waals surface area contributed by atoms with Crippen molar-refractivity contribution in [3.63, 3.8) is 0 Å². The Morgan fingerprint density at radius 3 is 2.95 bits per heavy atom. The predicted octanol–water partition coefficient (Wildman–Crippen LogP) is 2.69. The summed E-state index contributed by atoms with van der Waals surface area (Å²) in [6.45, 7) is 0.261. The van der Waals surface area contributed by atoms with Gasteiger partial charge < -0.3 is 14.5 Å². The Kier molecular flexibility index (Phi) is 4.01. The van der Waals surface area contributed by atoms with Crippen molar-refractivity contribution >= 4 is 11.7 Å². The van der Waals surface area contributed by atoms with Gasteiger partial charge in [-0.3, -0.25) is 0 Å². The van der Waals surface area contributed by atoms with Crippen LogP contribution in [0.3, 0.4) is 0 Å². The molecule has 0 saturated heterocycles. The first kappa shape index (κ1) is 13.6. The van der Waals surface area contributed by atoms with Crippen molar-refractivity contribution in [3.8, 4) is 6.07 Å². The molecule has 0 unspecified atom stereocenters. The molecule has 0 radical (unpaired) electrons. The maximum absolute atomic E-state index is 13.0. The Hall–Kier alpha value is -2.81. The monoisotopic (exact) mass is 274 g/mol. The van der Waals surface area contributed by atoms with Crippen molar-refractivity contribution in [3.05, 3.63) is 53.2 Å². The maximum Gasteiger partial charge on any atom is 0.373 e. The normalized spacial score (nSPS) is 9.85. The Bertz CT molecular complexity index is 673. The third kappa shape index (κ3) is 2.95. The zero-order chi connectivity index (χ0) is 14.5. The number of carbonyl (C=O) groups excluding carboxylic acids is 1. The quantitative estimate of drug-likeness (QED) is 0.867. The average molecular weight is 274 g/mol. The van der Waals surface area contributed by atoms with E-state index in [0.29, 0.717) is 11.4 Å². The fraction of sp³-hybridized carbons (Fsp3) is 0.143. The molecule has 0 bridgehead atoms. The number of benzene rings is 1. The number of nitrogens with zero attached hydrogens (tertiary/aromatic N) is 1. The molecule has 0 amide bonds. The Morgan fingerprint density at radius 2 is 2.25 bits per heavy atom. The fourth-order valence-electron chi connectivity index (χ4n) is 1.63. The third-order valence-corrected chi connectivity index (χ3v) is 2.60. The van der Waals surface area contributed by atoms with Crippen molar-refractivity contribution < 1.29 is 18.3 Å². The number of hydrogen-bond acceptors (Lipinski definition) is 5. The third-order valence-electron chi connectivity index (χ3n) is 2.60. The van der Waals surface area contributed by atoms with E-state index in [1.165, 1.54) is 25.3 Å². The largest absolute Gasteiger partial charge is 0.463 e. The Balaban J connectivity index is 2.08. The molecule has 0 aliphatic carbocycles. The lowest BCUT2D eigenvalue weighted by Crippen LogP contribution is -2.01. The summed E-state index contributed by atoms with van der Waals surface area (Å²) in [7, 11) is 1.26. The Labute approximate surface area is 114 Å². The average Bonchev–Trinajstić information content (AvgIpc) is 2.93. The van der Waals surface area contributed by atoms with Gasteiger partial charge >= 0.3 is 5.97 Å². The molecule has 1 aromatic heterocycles. The molecule has 0 aliphatic heterocycles. The summed E-state index contributed by atoms with van der Waals surface area (Å²) in [4.78, 5) is 11.2. The first-order chi connectivity index (χ1) is 9.63. The maximum atomic E-state index is 13.0. The number of nitrogens with one attached hydrogen (secondary N) is 1. The SMILES string of the molecule is COC(=O)c1ccc(CNc2ccc(F)cc2C#N)o1. The number of ether oxygens (including phenoxy) is 1. The van der Waals surface area contributed by atoms with Crippen LogP contribution >= 0.6 is 0 Å². The fourth-order valence-corrected chi connectivity index (χ4v) is 1.63. The minimum atomic E-state index is -0.559. The van der Waals surface area contributed by atoms with Crippen LogP contribution in [0.1, 0.15) is 21.9 Å². The molecule has 6 heteroatoms. The highest BCUT2D eigenvalue weighted by atomic mass is 19.1. The lowest BCUT2D eigenvalue weighted by molar-refractivity contribution is 0.0563. The number of nitriles is 1. The molecular weight excluding hydrogens is 263 g/mol. The standard InChI is InChI=1S/C14H11FN2O3/c1-19-14(18)13-5-3-11(20-13)8-17-12-4-2-10(15)6-9(12)7-16/h2-6,17H,8H2,1H3. The minimum Gasteiger partial charge on any atom is -0.463 e. The molecule has 1 heterocycles. The number of methoxy groups -OCH3 is 1. The van der Waals surface area contributed by atoms with Crippen LogP contribution in [0.4, 0.5) is 10.1 Å². The lowest BCUT2D eigenvalue weighted by Gasteiger charge is -2.06. The first-order valence-electron chi connectivity index (χ1n) is 5.74. The molecule has 2 aromatic rings. The van der Waals surface area contributed by atoms with Gasteiger partial charge in [-0.15, -0.1) is 0 Å². The number of carbonyl (C=O) groups is 1. The second-order valence-electron chi connectivity index (χ2n) is 3.91. The number of furan rings is 1. The highest BCUT2D eigenvalue weighted by Crippen LogP contribution is 2.18. The van der Waals surface area contributed by atoms with Gasteiger partial charge in [0.1, 0.15) is 17.6 Å². The summed E-state index contributed by atoms with van der Waals surface area (Å²) in [5.74, 6) is -0.434. The van der Waals surface area contributed by atoms with Gasteiger partial charge in [0.25, 0.3) is 0 Å². The van der Waals surface area contributed by atoms with Gasteiger partial charge in [-0.05, 0) is 30.3 Å². The van der Waals surface area contributed by atoms with E-state index < -0.39 is 11.8 Å². The number of halogens is 1. The highest BCUT2D eigenvalue weighted by molar-refractivity contribution is 5.86. The minimum absolute atomic E-state index is 0.101. The molecule has 102 valence electrons. The molecule has 0 saturated carbocycles. The molecule has 1 N–H and O–H groups in total. The van der Waals surface area contributed by atoms with Gasteiger partial charge in [0.15, 0.2) is 0 Å². The van der Waals surface area contributed by atoms with E-state index >= 15 is 0 Å². The summed E-state index contributed by atoms with van der Waals surface area (Å²) < 4.78 is 22.8. The molecule has 5 nitrogen and oxygen atoms in total. The van der Waals surface area contributed by atoms with Crippen LogP contribution in [0, 0.1) is 17.1 Å². The van der Waals surface area contributed by atoms with Crippen molar-refractivity contribution in [2.75, 3.05) is 12.4 Å². The van der Waals surface area contributed by atoms with Crippen LogP contribution < -0.4 is 5.32 Å². The van der Waals surface area contributed by atoms with Gasteiger partial charge in [0.05, 0.1) is 24.9 Å². The molecule has 0 spiro atoms. The van der Waals surface area contributed by atoms with Gasteiger partial charge in [0, 0.05) is 0 Å². The van der Waals surface area contributed by atoms with Crippen LogP contribution in [-0.4, -0.2) is 13.1 Å². The van der Waals surface area contributed by atoms with E-state index in [1.807, 2.05) is 6.07 Å². The van der Waals surface area contributed by atoms with Gasteiger partial charge in [-0.1, -0.05) is 0 Å². The van der Waals surface area contributed by atoms with Gasteiger partial charge in [0.2, 0.25) is 5.76 Å². The first-order valence-corrected chi connectivity index (χ1v) is 5.74. The highest BCUT2D eigenvalue weighted by Gasteiger charge is 2.11. The molecular formula is C14H11FN2O3. The summed E-state index contributed by atoms with van der Waals surface area (Å²) in [5, 5.41) is 11.9. The molecule has 0 aliphatic rings. The van der Waals surface area contributed by atoms with E-state index in [2.05, 4.69) is 10.1 Å². The smallest absolute Gasteiger partial charge is 0.373 e. The number of esters is 1. The van der Waals surface area contributed by atoms with E-state index in [1.54, 1.807) is 6.07 Å². The molecule has 0 atom stereocenters. The number of hydrogen-bond donors (Lipinski definition) is 1. The summed E-state index contributed by atoms with van der Waals surface area (Å²) >= 11 is 0. The molecule has 20 heavy (non-hydrogen) atoms. The van der Waals surface area contributed by atoms with E-state index in [-0.39, 0.29) is 17.9 Å². The van der Waals surface area contributed by atoms with E-state index in [0.717, 1.165) is 6.07 Å². The number of anilines is 1. The van der Waals surface area contributed by atoms with E-state index in [4.69, 9.17) is 9.68 Å². The van der Waals surface area contributed by atoms with Crippen molar-refractivity contribution in [2.45, 2.75) is 6.54 Å². The summed E-state index contributed by atoms with van der Waals surface area (Å²) in [6.07, 6.45) is 0. The van der Waals surface area contributed by atoms with Crippen LogP contribution in [0.2, 0.25) is 0 Å². The number of rotatable bonds is 4. The predicted molar refractivity (Wildman–Crippen MR) is 68.5 cm³/mol. The molecule has 2 rings (SSSR count). The second-order valence-corrected chi connectivity index (χ2v) is 3.91. The summed E-state index contributed by atoms with van der Waals surface area (Å²) in [5.41, 5.74) is 0.690. The Morgan fingerprint density at radius 1 is 1.45 bits per heavy atom. The van der Waals surface area contributed by atoms with Crippen LogP contribution in [0.5, 0.6) is 0 Å². The molecule has 1 aromatic carbocycles. The van der Waals surface area contributed by atoms with Crippen molar-refractivity contribution in [1.29, 1.82) is 5.26 Å². The topological polar surface area (TPSA) is 75.3 Å². The van der Waals surface area contributed by atoms with Crippen LogP contribution in [0.25, 0.3) is 0 Å². The zero-order valence-electron chi connectivity index (χ0n) is 10.6. The second kappa shape index (κ2) is 5.89. The van der Waals surface area contributed by atoms with Crippen molar-refractivity contribution in [1.82, 2.24) is 0 Å². The van der Waals surface area contributed by atoms with Crippen LogP contribution in [-0.2, 0) is 11.3 Å². The van der Waals surface area contributed by atoms with Crippen molar-refractivity contribution in [2.24, 2.45) is 0 Å². The van der Waals surface area contributed by atoms with Gasteiger partial charge in [-0.25, -0.2) is 9.18 Å². The van der Waals surface area contributed by atoms with E-state index in [9.17, 15) is 9.18 Å². The van der Waals surface area contributed by atoms with Gasteiger partial charge in [-0.2, -0.15) is 5.26 Å². The lowest BCUT2D eigenvalue weighted by atomic mass is 10.2. The summed E-state index contributed by atoms with van der Waals surface area (Å²) in [6, 6.07) is 8.89. The van der Waals surface area contributed by atoms with Crippen LogP contribution in [0.15, 0.2) is 34.7 Å². The zero-order valence-corrected chi connectivity index (χ0v) is 10.6.